The van der Waals surface area contributed by atoms with Crippen LogP contribution in [0.1, 0.15) is 46.0 Å². The summed E-state index contributed by atoms with van der Waals surface area (Å²) in [5, 5.41) is 4.54. The summed E-state index contributed by atoms with van der Waals surface area (Å²) in [5.74, 6) is 0.958. The van der Waals surface area contributed by atoms with Gasteiger partial charge in [0.2, 0.25) is 0 Å². The summed E-state index contributed by atoms with van der Waals surface area (Å²) in [5.41, 5.74) is 0. The van der Waals surface area contributed by atoms with E-state index in [9.17, 15) is 0 Å². The van der Waals surface area contributed by atoms with Crippen LogP contribution >= 0.6 is 11.8 Å². The Kier molecular flexibility index (Phi) is 5.95. The summed E-state index contributed by atoms with van der Waals surface area (Å²) >= 11 is 1.97. The summed E-state index contributed by atoms with van der Waals surface area (Å²) in [4.78, 5) is 0. The first-order valence-corrected chi connectivity index (χ1v) is 7.32. The summed E-state index contributed by atoms with van der Waals surface area (Å²) < 4.78 is 0. The fourth-order valence-electron chi connectivity index (χ4n) is 2.38. The standard InChI is InChI=1S/C12H25NS/c1-4-11-6-5-7-12(11)13-9-8-10(2)14-3/h10-13H,4-9H2,1-3H3. The maximum Gasteiger partial charge on any atom is 0.00952 e. The molecular weight excluding hydrogens is 190 g/mol. The predicted molar refractivity (Wildman–Crippen MR) is 67.0 cm³/mol. The molecule has 3 atom stereocenters. The fraction of sp³-hybridized carbons (Fsp3) is 1.00. The van der Waals surface area contributed by atoms with Crippen LogP contribution in [-0.4, -0.2) is 24.1 Å². The molecule has 2 heteroatoms. The van der Waals surface area contributed by atoms with Gasteiger partial charge in [0.05, 0.1) is 0 Å². The zero-order valence-electron chi connectivity index (χ0n) is 9.88. The molecule has 1 saturated carbocycles. The molecule has 14 heavy (non-hydrogen) atoms. The molecule has 0 radical (unpaired) electrons. The maximum atomic E-state index is 3.73. The van der Waals surface area contributed by atoms with Crippen molar-refractivity contribution in [2.45, 2.75) is 57.2 Å². The highest BCUT2D eigenvalue weighted by molar-refractivity contribution is 7.99. The van der Waals surface area contributed by atoms with E-state index in [0.29, 0.717) is 0 Å². The highest BCUT2D eigenvalue weighted by Gasteiger charge is 2.24. The highest BCUT2D eigenvalue weighted by atomic mass is 32.2. The van der Waals surface area contributed by atoms with Gasteiger partial charge < -0.3 is 5.32 Å². The van der Waals surface area contributed by atoms with Crippen LogP contribution in [0.3, 0.4) is 0 Å². The van der Waals surface area contributed by atoms with Gasteiger partial charge in [0.25, 0.3) is 0 Å². The second-order valence-electron chi connectivity index (χ2n) is 4.49. The highest BCUT2D eigenvalue weighted by Crippen LogP contribution is 2.28. The van der Waals surface area contributed by atoms with Crippen LogP contribution in [0.2, 0.25) is 0 Å². The normalized spacial score (nSPS) is 29.4. The van der Waals surface area contributed by atoms with Gasteiger partial charge in [0.1, 0.15) is 0 Å². The zero-order chi connectivity index (χ0) is 10.4. The number of nitrogens with one attached hydrogen (secondary N) is 1. The number of thioether (sulfide) groups is 1. The van der Waals surface area contributed by atoms with E-state index in [-0.39, 0.29) is 0 Å². The van der Waals surface area contributed by atoms with Crippen molar-refractivity contribution in [3.8, 4) is 0 Å². The van der Waals surface area contributed by atoms with E-state index in [4.69, 9.17) is 0 Å². The van der Waals surface area contributed by atoms with Gasteiger partial charge in [-0.2, -0.15) is 11.8 Å². The molecule has 1 aliphatic carbocycles. The van der Waals surface area contributed by atoms with Crippen LogP contribution in [0.15, 0.2) is 0 Å². The monoisotopic (exact) mass is 215 g/mol. The first kappa shape index (κ1) is 12.4. The van der Waals surface area contributed by atoms with Gasteiger partial charge in [0.15, 0.2) is 0 Å². The van der Waals surface area contributed by atoms with Crippen molar-refractivity contribution in [1.29, 1.82) is 0 Å². The van der Waals surface area contributed by atoms with Gasteiger partial charge in [-0.3, -0.25) is 0 Å². The Morgan fingerprint density at radius 1 is 1.43 bits per heavy atom. The summed E-state index contributed by atoms with van der Waals surface area (Å²) in [6, 6.07) is 0.828. The first-order valence-electron chi connectivity index (χ1n) is 6.04. The topological polar surface area (TPSA) is 12.0 Å². The average Bonchev–Trinajstić information content (AvgIpc) is 2.65. The van der Waals surface area contributed by atoms with Crippen molar-refractivity contribution in [3.63, 3.8) is 0 Å². The largest absolute Gasteiger partial charge is 0.314 e. The van der Waals surface area contributed by atoms with Crippen molar-refractivity contribution in [3.05, 3.63) is 0 Å². The molecule has 1 N–H and O–H groups in total. The minimum atomic E-state index is 0.809. The lowest BCUT2D eigenvalue weighted by molar-refractivity contribution is 0.389. The molecule has 1 nitrogen and oxygen atoms in total. The Balaban J connectivity index is 2.11. The van der Waals surface area contributed by atoms with E-state index in [1.807, 2.05) is 11.8 Å². The van der Waals surface area contributed by atoms with E-state index >= 15 is 0 Å². The predicted octanol–water partition coefficient (Wildman–Crippen LogP) is 3.30. The smallest absolute Gasteiger partial charge is 0.00952 e. The number of rotatable bonds is 6. The Hall–Kier alpha value is 0.310. The molecule has 0 aromatic rings. The second-order valence-corrected chi connectivity index (χ2v) is 5.77. The van der Waals surface area contributed by atoms with Crippen molar-refractivity contribution in [2.75, 3.05) is 12.8 Å². The number of hydrogen-bond donors (Lipinski definition) is 1. The molecule has 0 aliphatic heterocycles. The molecule has 1 rings (SSSR count). The number of hydrogen-bond acceptors (Lipinski definition) is 2. The molecule has 0 spiro atoms. The molecule has 0 amide bonds. The van der Waals surface area contributed by atoms with E-state index in [0.717, 1.165) is 17.2 Å². The molecular formula is C12H25NS. The Morgan fingerprint density at radius 3 is 2.86 bits per heavy atom. The van der Waals surface area contributed by atoms with Crippen LogP contribution < -0.4 is 5.32 Å². The molecule has 0 heterocycles. The molecule has 0 saturated heterocycles. The van der Waals surface area contributed by atoms with Gasteiger partial charge in [-0.15, -0.1) is 0 Å². The van der Waals surface area contributed by atoms with E-state index in [2.05, 4.69) is 25.4 Å². The molecule has 3 unspecified atom stereocenters. The van der Waals surface area contributed by atoms with Gasteiger partial charge >= 0.3 is 0 Å². The SMILES string of the molecule is CCC1CCCC1NCCC(C)SC. The zero-order valence-corrected chi connectivity index (χ0v) is 10.7. The van der Waals surface area contributed by atoms with Crippen LogP contribution in [0, 0.1) is 5.92 Å². The quantitative estimate of drug-likeness (QED) is 0.729. The third kappa shape index (κ3) is 3.82. The lowest BCUT2D eigenvalue weighted by atomic mass is 10.0. The van der Waals surface area contributed by atoms with Crippen LogP contribution in [0.5, 0.6) is 0 Å². The van der Waals surface area contributed by atoms with Gasteiger partial charge in [-0.05, 0) is 38.0 Å². The molecule has 84 valence electrons. The van der Waals surface area contributed by atoms with Crippen molar-refractivity contribution in [2.24, 2.45) is 5.92 Å². The summed E-state index contributed by atoms with van der Waals surface area (Å²) in [7, 11) is 0. The van der Waals surface area contributed by atoms with Gasteiger partial charge in [-0.1, -0.05) is 26.7 Å². The van der Waals surface area contributed by atoms with Crippen LogP contribution in [0.4, 0.5) is 0 Å². The molecule has 1 fully saturated rings. The Bertz CT molecular complexity index is 149. The summed E-state index contributed by atoms with van der Waals surface area (Å²) in [6.45, 7) is 5.86. The lowest BCUT2D eigenvalue weighted by Crippen LogP contribution is -2.33. The fourth-order valence-corrected chi connectivity index (χ4v) is 2.74. The first-order chi connectivity index (χ1) is 6.77. The summed E-state index contributed by atoms with van der Waals surface area (Å²) in [6.07, 6.45) is 9.17. The molecule has 0 bridgehead atoms. The minimum Gasteiger partial charge on any atom is -0.314 e. The molecule has 1 aliphatic rings. The lowest BCUT2D eigenvalue weighted by Gasteiger charge is -2.20. The van der Waals surface area contributed by atoms with Gasteiger partial charge in [0, 0.05) is 11.3 Å². The average molecular weight is 215 g/mol. The van der Waals surface area contributed by atoms with E-state index in [1.165, 1.54) is 38.6 Å². The van der Waals surface area contributed by atoms with Gasteiger partial charge in [-0.25, -0.2) is 0 Å². The van der Waals surface area contributed by atoms with Crippen LogP contribution in [-0.2, 0) is 0 Å². The van der Waals surface area contributed by atoms with Crippen molar-refractivity contribution < 1.29 is 0 Å². The van der Waals surface area contributed by atoms with E-state index in [1.54, 1.807) is 0 Å². The third-order valence-corrected chi connectivity index (χ3v) is 4.58. The van der Waals surface area contributed by atoms with Crippen LogP contribution in [0.25, 0.3) is 0 Å². The second kappa shape index (κ2) is 6.73. The van der Waals surface area contributed by atoms with Crippen molar-refractivity contribution >= 4 is 11.8 Å². The molecule has 0 aromatic heterocycles. The minimum absolute atomic E-state index is 0.809. The van der Waals surface area contributed by atoms with E-state index < -0.39 is 0 Å². The maximum absolute atomic E-state index is 3.73. The van der Waals surface area contributed by atoms with Crippen molar-refractivity contribution in [1.82, 2.24) is 5.32 Å². The Labute approximate surface area is 93.4 Å². The molecule has 0 aromatic carbocycles. The Morgan fingerprint density at radius 2 is 2.21 bits per heavy atom. The third-order valence-electron chi connectivity index (χ3n) is 3.54.